The molecule has 3 heteroatoms. The molecule has 1 rings (SSSR count). The number of nitrogens with one attached hydrogen (secondary N) is 2. The summed E-state index contributed by atoms with van der Waals surface area (Å²) in [5.74, 6) is 0. The predicted molar refractivity (Wildman–Crippen MR) is 63.5 cm³/mol. The van der Waals surface area contributed by atoms with Crippen LogP contribution in [0, 0.1) is 5.41 Å². The van der Waals surface area contributed by atoms with E-state index >= 15 is 0 Å². The minimum absolute atomic E-state index is 0.719. The molecule has 0 saturated carbocycles. The maximum atomic E-state index is 7.89. The van der Waals surface area contributed by atoms with E-state index in [4.69, 9.17) is 10.1 Å². The van der Waals surface area contributed by atoms with E-state index in [0.717, 1.165) is 50.2 Å². The van der Waals surface area contributed by atoms with Crippen molar-refractivity contribution in [2.24, 2.45) is 0 Å². The van der Waals surface area contributed by atoms with Crippen molar-refractivity contribution in [1.82, 2.24) is 5.32 Å². The Morgan fingerprint density at radius 2 is 2.40 bits per heavy atom. The lowest BCUT2D eigenvalue weighted by Crippen LogP contribution is -2.24. The number of allylic oxidation sites excluding steroid dienone is 3. The van der Waals surface area contributed by atoms with Crippen LogP contribution in [0.3, 0.4) is 0 Å². The maximum Gasteiger partial charge on any atom is 0.0587 e. The van der Waals surface area contributed by atoms with Gasteiger partial charge in [-0.3, -0.25) is 0 Å². The van der Waals surface area contributed by atoms with Crippen LogP contribution in [0.5, 0.6) is 0 Å². The van der Waals surface area contributed by atoms with Crippen molar-refractivity contribution in [3.63, 3.8) is 0 Å². The summed E-state index contributed by atoms with van der Waals surface area (Å²) < 4.78 is 4.95. The number of methoxy groups -OCH3 is 1. The smallest absolute Gasteiger partial charge is 0.0587 e. The molecule has 0 atom stereocenters. The summed E-state index contributed by atoms with van der Waals surface area (Å²) in [6, 6.07) is 0. The molecule has 0 radical (unpaired) electrons. The molecule has 0 amide bonds. The summed E-state index contributed by atoms with van der Waals surface area (Å²) in [7, 11) is 1.70. The Bertz CT molecular complexity index is 256. The van der Waals surface area contributed by atoms with Gasteiger partial charge in [0.15, 0.2) is 0 Å². The zero-order valence-electron chi connectivity index (χ0n) is 9.38. The average Bonchev–Trinajstić information content (AvgIpc) is 2.22. The molecule has 0 aromatic rings. The van der Waals surface area contributed by atoms with Gasteiger partial charge in [0.05, 0.1) is 6.61 Å². The van der Waals surface area contributed by atoms with Crippen molar-refractivity contribution in [3.05, 3.63) is 23.8 Å². The van der Waals surface area contributed by atoms with Gasteiger partial charge in [-0.15, -0.1) is 0 Å². The highest BCUT2D eigenvalue weighted by molar-refractivity contribution is 5.98. The van der Waals surface area contributed by atoms with Crippen LogP contribution in [0.15, 0.2) is 23.8 Å². The van der Waals surface area contributed by atoms with E-state index in [0.29, 0.717) is 0 Å². The number of rotatable bonds is 5. The van der Waals surface area contributed by atoms with Crippen molar-refractivity contribution in [3.8, 4) is 0 Å². The number of hydrogen-bond acceptors (Lipinski definition) is 3. The molecule has 1 aliphatic rings. The highest BCUT2D eigenvalue weighted by Gasteiger charge is 2.05. The third-order valence-electron chi connectivity index (χ3n) is 2.42. The minimum Gasteiger partial charge on any atom is -0.383 e. The monoisotopic (exact) mass is 208 g/mol. The van der Waals surface area contributed by atoms with E-state index in [2.05, 4.69) is 17.5 Å². The van der Waals surface area contributed by atoms with Crippen LogP contribution < -0.4 is 5.32 Å². The lowest BCUT2D eigenvalue weighted by Gasteiger charge is -2.11. The zero-order valence-corrected chi connectivity index (χ0v) is 9.38. The largest absolute Gasteiger partial charge is 0.383 e. The van der Waals surface area contributed by atoms with Crippen LogP contribution in [-0.2, 0) is 4.74 Å². The van der Waals surface area contributed by atoms with Crippen molar-refractivity contribution < 1.29 is 4.74 Å². The van der Waals surface area contributed by atoms with E-state index < -0.39 is 0 Å². The lowest BCUT2D eigenvalue weighted by atomic mass is 10.0. The van der Waals surface area contributed by atoms with E-state index in [9.17, 15) is 0 Å². The van der Waals surface area contributed by atoms with Gasteiger partial charge in [-0.1, -0.05) is 18.2 Å². The normalized spacial score (nSPS) is 20.6. The van der Waals surface area contributed by atoms with Crippen LogP contribution in [0.2, 0.25) is 0 Å². The number of ether oxygens (including phenoxy) is 1. The van der Waals surface area contributed by atoms with Crippen LogP contribution in [0.25, 0.3) is 0 Å². The van der Waals surface area contributed by atoms with Crippen LogP contribution >= 0.6 is 0 Å². The summed E-state index contributed by atoms with van der Waals surface area (Å²) in [5, 5.41) is 11.2. The van der Waals surface area contributed by atoms with Crippen molar-refractivity contribution >= 4 is 5.71 Å². The Kier molecular flexibility index (Phi) is 5.97. The Balaban J connectivity index is 2.38. The second kappa shape index (κ2) is 7.37. The fourth-order valence-corrected chi connectivity index (χ4v) is 1.50. The van der Waals surface area contributed by atoms with E-state index in [1.807, 2.05) is 6.08 Å². The second-order valence-corrected chi connectivity index (χ2v) is 3.66. The first-order valence-corrected chi connectivity index (χ1v) is 5.47. The molecule has 0 aromatic heterocycles. The fraction of sp³-hybridized carbons (Fsp3) is 0.583. The fourth-order valence-electron chi connectivity index (χ4n) is 1.50. The second-order valence-electron chi connectivity index (χ2n) is 3.66. The Morgan fingerprint density at radius 3 is 3.20 bits per heavy atom. The topological polar surface area (TPSA) is 45.1 Å². The predicted octanol–water partition coefficient (Wildman–Crippen LogP) is 1.91. The molecule has 0 aliphatic heterocycles. The van der Waals surface area contributed by atoms with Gasteiger partial charge in [-0.05, 0) is 24.8 Å². The number of hydrogen-bond donors (Lipinski definition) is 2. The third kappa shape index (κ3) is 4.91. The van der Waals surface area contributed by atoms with Crippen LogP contribution in [0.1, 0.15) is 19.3 Å². The molecule has 0 saturated heterocycles. The van der Waals surface area contributed by atoms with Gasteiger partial charge >= 0.3 is 0 Å². The van der Waals surface area contributed by atoms with E-state index in [-0.39, 0.29) is 0 Å². The third-order valence-corrected chi connectivity index (χ3v) is 2.42. The van der Waals surface area contributed by atoms with Gasteiger partial charge in [0, 0.05) is 25.9 Å². The van der Waals surface area contributed by atoms with Gasteiger partial charge < -0.3 is 15.5 Å². The van der Waals surface area contributed by atoms with Gasteiger partial charge in [-0.2, -0.15) is 0 Å². The Labute approximate surface area is 91.7 Å². The first-order valence-electron chi connectivity index (χ1n) is 5.47. The van der Waals surface area contributed by atoms with Crippen LogP contribution in [-0.4, -0.2) is 32.5 Å². The summed E-state index contributed by atoms with van der Waals surface area (Å²) in [6.45, 7) is 2.33. The highest BCUT2D eigenvalue weighted by Crippen LogP contribution is 2.09. The Morgan fingerprint density at radius 1 is 1.53 bits per heavy atom. The molecular weight excluding hydrogens is 188 g/mol. The Hall–Kier alpha value is -0.930. The summed E-state index contributed by atoms with van der Waals surface area (Å²) in [4.78, 5) is 0. The standard InChI is InChI=1S/C12H20N2O/c1-15-9-8-14-10-11-6-4-2-3-5-7-12(11)13/h2,4,6,13-14H,3,5,7-10H2,1H3/b4-2?,11-6-,13-12?. The maximum absolute atomic E-state index is 7.89. The molecule has 84 valence electrons. The van der Waals surface area contributed by atoms with Crippen molar-refractivity contribution in [1.29, 1.82) is 5.41 Å². The molecule has 0 heterocycles. The van der Waals surface area contributed by atoms with E-state index in [1.165, 1.54) is 0 Å². The van der Waals surface area contributed by atoms with Crippen LogP contribution in [0.4, 0.5) is 0 Å². The van der Waals surface area contributed by atoms with Gasteiger partial charge in [0.25, 0.3) is 0 Å². The van der Waals surface area contributed by atoms with Gasteiger partial charge in [0.2, 0.25) is 0 Å². The van der Waals surface area contributed by atoms with Gasteiger partial charge in [0.1, 0.15) is 0 Å². The SMILES string of the molecule is COCCNC/C1=C/C=CCCCC1=N. The average molecular weight is 208 g/mol. The highest BCUT2D eigenvalue weighted by atomic mass is 16.5. The van der Waals surface area contributed by atoms with Gasteiger partial charge in [-0.25, -0.2) is 0 Å². The first kappa shape index (κ1) is 12.1. The molecular formula is C12H20N2O. The molecule has 3 nitrogen and oxygen atoms in total. The molecule has 15 heavy (non-hydrogen) atoms. The molecule has 2 N–H and O–H groups in total. The summed E-state index contributed by atoms with van der Waals surface area (Å²) in [5.41, 5.74) is 1.87. The molecule has 1 aliphatic carbocycles. The first-order chi connectivity index (χ1) is 7.34. The van der Waals surface area contributed by atoms with E-state index in [1.54, 1.807) is 7.11 Å². The van der Waals surface area contributed by atoms with Crippen molar-refractivity contribution in [2.75, 3.05) is 26.8 Å². The summed E-state index contributed by atoms with van der Waals surface area (Å²) in [6.07, 6.45) is 9.33. The minimum atomic E-state index is 0.719. The molecule has 0 bridgehead atoms. The quantitative estimate of drug-likeness (QED) is 0.678. The molecule has 0 fully saturated rings. The summed E-state index contributed by atoms with van der Waals surface area (Å²) >= 11 is 0. The van der Waals surface area contributed by atoms with Crippen molar-refractivity contribution in [2.45, 2.75) is 19.3 Å². The lowest BCUT2D eigenvalue weighted by molar-refractivity contribution is 0.200. The molecule has 0 spiro atoms. The zero-order chi connectivity index (χ0) is 10.9. The molecule has 0 unspecified atom stereocenters. The molecule has 0 aromatic carbocycles.